The molecule has 0 saturated heterocycles. The fourth-order valence-corrected chi connectivity index (χ4v) is 7.31. The van der Waals surface area contributed by atoms with E-state index in [1.54, 1.807) is 0 Å². The predicted molar refractivity (Wildman–Crippen MR) is 110 cm³/mol. The van der Waals surface area contributed by atoms with Crippen LogP contribution in [0.25, 0.3) is 0 Å². The molecule has 1 N–H and O–H groups in total. The van der Waals surface area contributed by atoms with Crippen molar-refractivity contribution in [3.63, 3.8) is 0 Å². The lowest BCUT2D eigenvalue weighted by atomic mass is 9.70. The lowest BCUT2D eigenvalue weighted by Gasteiger charge is -2.36. The molecule has 2 saturated carbocycles. The summed E-state index contributed by atoms with van der Waals surface area (Å²) in [7, 11) is -3.68. The average Bonchev–Trinajstić information content (AvgIpc) is 3.01. The molecule has 4 rings (SSSR count). The van der Waals surface area contributed by atoms with Crippen LogP contribution in [0.1, 0.15) is 50.3 Å². The first-order valence-electron chi connectivity index (χ1n) is 9.88. The van der Waals surface area contributed by atoms with Crippen molar-refractivity contribution < 1.29 is 13.2 Å². The van der Waals surface area contributed by atoms with Crippen LogP contribution in [0.5, 0.6) is 0 Å². The standard InChI is InChI=1S/C23H27NO3S/c1-22(2)19-13-14-23(22,20(25)15-19)16-28(26,27)24-21(17-9-5-3-6-10-17)18-11-7-4-8-12-18/h3-12,19,21,24H,13-16H2,1-2H3/t19-,23-/m0/s1. The first kappa shape index (κ1) is 19.3. The molecule has 2 aliphatic rings. The number of Topliss-reactive ketones (excluding diaryl/α,β-unsaturated/α-hetero) is 1. The van der Waals surface area contributed by atoms with Crippen LogP contribution in [0.3, 0.4) is 0 Å². The van der Waals surface area contributed by atoms with E-state index in [-0.39, 0.29) is 17.0 Å². The summed E-state index contributed by atoms with van der Waals surface area (Å²) in [5.41, 5.74) is 0.738. The van der Waals surface area contributed by atoms with Crippen LogP contribution < -0.4 is 4.72 Å². The summed E-state index contributed by atoms with van der Waals surface area (Å²) < 4.78 is 29.5. The van der Waals surface area contributed by atoms with Gasteiger partial charge in [0.2, 0.25) is 10.0 Å². The van der Waals surface area contributed by atoms with Crippen molar-refractivity contribution in [1.29, 1.82) is 0 Å². The molecular formula is C23H27NO3S. The van der Waals surface area contributed by atoms with Crippen molar-refractivity contribution in [2.75, 3.05) is 5.75 Å². The van der Waals surface area contributed by atoms with Gasteiger partial charge in [0.05, 0.1) is 11.8 Å². The molecule has 2 bridgehead atoms. The molecule has 2 aliphatic carbocycles. The van der Waals surface area contributed by atoms with Crippen molar-refractivity contribution in [2.24, 2.45) is 16.7 Å². The fraction of sp³-hybridized carbons (Fsp3) is 0.435. The van der Waals surface area contributed by atoms with Crippen LogP contribution in [0, 0.1) is 16.7 Å². The SMILES string of the molecule is CC1(C)[C@H]2CC[C@]1(CS(=O)(=O)NC(c1ccccc1)c1ccccc1)C(=O)C2. The topological polar surface area (TPSA) is 63.2 Å². The average molecular weight is 398 g/mol. The molecular weight excluding hydrogens is 370 g/mol. The molecule has 2 aromatic carbocycles. The summed E-state index contributed by atoms with van der Waals surface area (Å²) >= 11 is 0. The second kappa shape index (κ2) is 6.82. The van der Waals surface area contributed by atoms with Crippen LogP contribution in [-0.4, -0.2) is 20.0 Å². The zero-order chi connectivity index (χ0) is 20.0. The lowest BCUT2D eigenvalue weighted by Crippen LogP contribution is -2.46. The van der Waals surface area contributed by atoms with E-state index in [4.69, 9.17) is 0 Å². The Balaban J connectivity index is 1.66. The number of hydrogen-bond donors (Lipinski definition) is 1. The van der Waals surface area contributed by atoms with Crippen LogP contribution in [0.2, 0.25) is 0 Å². The van der Waals surface area contributed by atoms with Crippen LogP contribution in [-0.2, 0) is 14.8 Å². The van der Waals surface area contributed by atoms with E-state index in [1.165, 1.54) is 0 Å². The minimum absolute atomic E-state index is 0.120. The first-order chi connectivity index (χ1) is 13.3. The number of rotatable bonds is 6. The summed E-state index contributed by atoms with van der Waals surface area (Å²) in [4.78, 5) is 12.8. The van der Waals surface area contributed by atoms with Gasteiger partial charge in [-0.05, 0) is 35.3 Å². The summed E-state index contributed by atoms with van der Waals surface area (Å²) in [5.74, 6) is 0.294. The zero-order valence-electron chi connectivity index (χ0n) is 16.4. The first-order valence-corrected chi connectivity index (χ1v) is 11.5. The number of ketones is 1. The number of carbonyl (C=O) groups excluding carboxylic acids is 1. The van der Waals surface area contributed by atoms with E-state index in [0.717, 1.165) is 17.5 Å². The van der Waals surface area contributed by atoms with Gasteiger partial charge in [0.1, 0.15) is 5.78 Å². The Morgan fingerprint density at radius 1 is 1.00 bits per heavy atom. The van der Waals surface area contributed by atoms with Gasteiger partial charge in [-0.15, -0.1) is 0 Å². The molecule has 148 valence electrons. The maximum absolute atomic E-state index is 13.3. The Hall–Kier alpha value is -1.98. The summed E-state index contributed by atoms with van der Waals surface area (Å²) in [6.45, 7) is 4.13. The molecule has 0 amide bonds. The smallest absolute Gasteiger partial charge is 0.213 e. The number of fused-ring (bicyclic) bond motifs is 2. The van der Waals surface area contributed by atoms with Gasteiger partial charge in [-0.1, -0.05) is 74.5 Å². The second-order valence-corrected chi connectivity index (χ2v) is 10.6. The van der Waals surface area contributed by atoms with E-state index in [0.29, 0.717) is 18.8 Å². The third kappa shape index (κ3) is 3.11. The number of sulfonamides is 1. The highest BCUT2D eigenvalue weighted by molar-refractivity contribution is 7.89. The van der Waals surface area contributed by atoms with Gasteiger partial charge in [0, 0.05) is 11.8 Å². The normalized spacial score (nSPS) is 26.1. The maximum Gasteiger partial charge on any atom is 0.213 e. The predicted octanol–water partition coefficient (Wildman–Crippen LogP) is 4.09. The Kier molecular flexibility index (Phi) is 4.71. The van der Waals surface area contributed by atoms with Gasteiger partial charge in [0.15, 0.2) is 0 Å². The molecule has 0 spiro atoms. The number of nitrogens with one attached hydrogen (secondary N) is 1. The molecule has 5 heteroatoms. The van der Waals surface area contributed by atoms with Crippen LogP contribution in [0.15, 0.2) is 60.7 Å². The van der Waals surface area contributed by atoms with Crippen molar-refractivity contribution in [3.05, 3.63) is 71.8 Å². The molecule has 0 heterocycles. The quantitative estimate of drug-likeness (QED) is 0.798. The minimum atomic E-state index is -3.68. The molecule has 0 aromatic heterocycles. The van der Waals surface area contributed by atoms with Crippen molar-refractivity contribution in [2.45, 2.75) is 39.2 Å². The molecule has 4 nitrogen and oxygen atoms in total. The zero-order valence-corrected chi connectivity index (χ0v) is 17.2. The van der Waals surface area contributed by atoms with Gasteiger partial charge in [-0.2, -0.15) is 0 Å². The highest BCUT2D eigenvalue weighted by Crippen LogP contribution is 2.64. The van der Waals surface area contributed by atoms with E-state index >= 15 is 0 Å². The van der Waals surface area contributed by atoms with Crippen molar-refractivity contribution in [3.8, 4) is 0 Å². The highest BCUT2D eigenvalue weighted by atomic mass is 32.2. The molecule has 0 radical (unpaired) electrons. The van der Waals surface area contributed by atoms with Crippen LogP contribution in [0.4, 0.5) is 0 Å². The number of hydrogen-bond acceptors (Lipinski definition) is 3. The van der Waals surface area contributed by atoms with E-state index < -0.39 is 21.5 Å². The maximum atomic E-state index is 13.3. The van der Waals surface area contributed by atoms with Gasteiger partial charge in [0.25, 0.3) is 0 Å². The van der Waals surface area contributed by atoms with Crippen LogP contribution >= 0.6 is 0 Å². The Morgan fingerprint density at radius 3 is 1.96 bits per heavy atom. The Labute approximate surface area is 167 Å². The molecule has 0 aliphatic heterocycles. The fourth-order valence-electron chi connectivity index (χ4n) is 5.27. The number of carbonyl (C=O) groups is 1. The van der Waals surface area contributed by atoms with Gasteiger partial charge in [-0.25, -0.2) is 13.1 Å². The van der Waals surface area contributed by atoms with E-state index in [9.17, 15) is 13.2 Å². The summed E-state index contributed by atoms with van der Waals surface area (Å²) in [6.07, 6.45) is 2.13. The minimum Gasteiger partial charge on any atom is -0.299 e. The van der Waals surface area contributed by atoms with Crippen molar-refractivity contribution in [1.82, 2.24) is 4.72 Å². The molecule has 2 aromatic rings. The third-order valence-electron chi connectivity index (χ3n) is 7.14. The largest absolute Gasteiger partial charge is 0.299 e. The van der Waals surface area contributed by atoms with Crippen molar-refractivity contribution >= 4 is 15.8 Å². The Bertz CT molecular complexity index is 930. The summed E-state index contributed by atoms with van der Waals surface area (Å²) in [6, 6.07) is 18.7. The van der Waals surface area contributed by atoms with E-state index in [2.05, 4.69) is 18.6 Å². The monoisotopic (exact) mass is 397 g/mol. The number of benzene rings is 2. The van der Waals surface area contributed by atoms with Gasteiger partial charge in [-0.3, -0.25) is 4.79 Å². The van der Waals surface area contributed by atoms with Gasteiger partial charge >= 0.3 is 0 Å². The second-order valence-electron chi connectivity index (χ2n) is 8.80. The van der Waals surface area contributed by atoms with Gasteiger partial charge < -0.3 is 0 Å². The molecule has 2 fully saturated rings. The third-order valence-corrected chi connectivity index (χ3v) is 8.61. The van der Waals surface area contributed by atoms with E-state index in [1.807, 2.05) is 60.7 Å². The molecule has 28 heavy (non-hydrogen) atoms. The Morgan fingerprint density at radius 2 is 1.54 bits per heavy atom. The lowest BCUT2D eigenvalue weighted by molar-refractivity contribution is -0.128. The molecule has 2 atom stereocenters. The molecule has 0 unspecified atom stereocenters. The highest BCUT2D eigenvalue weighted by Gasteiger charge is 2.65. The summed E-state index contributed by atoms with van der Waals surface area (Å²) in [5, 5.41) is 0.